The van der Waals surface area contributed by atoms with Gasteiger partial charge in [0.1, 0.15) is 11.0 Å². The lowest BCUT2D eigenvalue weighted by Crippen LogP contribution is -2.56. The van der Waals surface area contributed by atoms with Crippen LogP contribution in [0.4, 0.5) is 0 Å². The molecule has 2 rings (SSSR count). The van der Waals surface area contributed by atoms with Crippen molar-refractivity contribution in [3.63, 3.8) is 0 Å². The van der Waals surface area contributed by atoms with Gasteiger partial charge in [0.25, 0.3) is 0 Å². The largest absolute Gasteiger partial charge is 0.294 e. The number of hydrogen-bond donors (Lipinski definition) is 1. The van der Waals surface area contributed by atoms with E-state index < -0.39 is 0 Å². The Morgan fingerprint density at radius 1 is 1.50 bits per heavy atom. The van der Waals surface area contributed by atoms with E-state index in [1.165, 1.54) is 0 Å². The summed E-state index contributed by atoms with van der Waals surface area (Å²) in [6, 6.07) is 1.27. The molecule has 0 spiro atoms. The topological polar surface area (TPSA) is 75.2 Å². The fraction of sp³-hybridized carbons (Fsp3) is 0.455. The third-order valence-electron chi connectivity index (χ3n) is 2.75. The smallest absolute Gasteiger partial charge is 0.243 e. The number of rotatable bonds is 2. The fourth-order valence-corrected chi connectivity index (χ4v) is 2.06. The van der Waals surface area contributed by atoms with Crippen LogP contribution in [0.15, 0.2) is 6.07 Å². The molecule has 0 aromatic carbocycles. The highest BCUT2D eigenvalue weighted by Crippen LogP contribution is 2.11. The Morgan fingerprint density at radius 2 is 2.22 bits per heavy atom. The second-order valence-electron chi connectivity index (χ2n) is 4.24. The van der Waals surface area contributed by atoms with Gasteiger partial charge in [0.15, 0.2) is 0 Å². The lowest BCUT2D eigenvalue weighted by molar-refractivity contribution is -0.139. The lowest BCUT2D eigenvalue weighted by atomic mass is 10.2. The minimum Gasteiger partial charge on any atom is -0.294 e. The van der Waals surface area contributed by atoms with Crippen LogP contribution >= 0.6 is 11.6 Å². The number of hydrogen-bond acceptors (Lipinski definition) is 5. The van der Waals surface area contributed by atoms with Gasteiger partial charge in [0, 0.05) is 5.69 Å². The predicted molar refractivity (Wildman–Crippen MR) is 64.8 cm³/mol. The average molecular weight is 269 g/mol. The molecule has 0 radical (unpaired) electrons. The molecule has 2 heterocycles. The summed E-state index contributed by atoms with van der Waals surface area (Å²) >= 11 is 5.85. The molecule has 1 fully saturated rings. The summed E-state index contributed by atoms with van der Waals surface area (Å²) in [5.74, 6) is -0.101. The predicted octanol–water partition coefficient (Wildman–Crippen LogP) is 0.285. The molecule has 0 saturated carbocycles. The Hall–Kier alpha value is -1.53. The van der Waals surface area contributed by atoms with Crippen molar-refractivity contribution in [2.75, 3.05) is 6.54 Å². The van der Waals surface area contributed by atoms with Crippen molar-refractivity contribution >= 4 is 23.4 Å². The molecule has 96 valence electrons. The third-order valence-corrected chi connectivity index (χ3v) is 2.94. The Balaban J connectivity index is 2.17. The molecule has 1 saturated heterocycles. The van der Waals surface area contributed by atoms with Crippen molar-refractivity contribution in [3.8, 4) is 0 Å². The summed E-state index contributed by atoms with van der Waals surface area (Å²) in [6.07, 6.45) is 0. The van der Waals surface area contributed by atoms with Crippen LogP contribution in [0.1, 0.15) is 18.4 Å². The molecule has 1 N–H and O–H groups in total. The fourth-order valence-electron chi connectivity index (χ4n) is 1.80. The molecule has 18 heavy (non-hydrogen) atoms. The van der Waals surface area contributed by atoms with Crippen LogP contribution in [-0.2, 0) is 16.1 Å². The zero-order valence-corrected chi connectivity index (χ0v) is 10.9. The zero-order valence-electron chi connectivity index (χ0n) is 10.1. The van der Waals surface area contributed by atoms with E-state index in [1.807, 2.05) is 6.92 Å². The number of nitrogens with zero attached hydrogens (tertiary/aromatic N) is 3. The van der Waals surface area contributed by atoms with Crippen molar-refractivity contribution in [2.24, 2.45) is 0 Å². The van der Waals surface area contributed by atoms with Crippen LogP contribution < -0.4 is 5.32 Å². The molecule has 2 amide bonds. The normalized spacial score (nSPS) is 20.9. The van der Waals surface area contributed by atoms with Gasteiger partial charge in [-0.25, -0.2) is 9.97 Å². The molecule has 1 aromatic heterocycles. The highest BCUT2D eigenvalue weighted by atomic mass is 35.5. The van der Waals surface area contributed by atoms with Crippen molar-refractivity contribution < 1.29 is 9.59 Å². The minimum absolute atomic E-state index is 0.155. The van der Waals surface area contributed by atoms with Crippen LogP contribution in [0.2, 0.25) is 5.15 Å². The molecule has 0 aliphatic carbocycles. The van der Waals surface area contributed by atoms with E-state index >= 15 is 0 Å². The first-order valence-corrected chi connectivity index (χ1v) is 5.91. The highest BCUT2D eigenvalue weighted by molar-refractivity contribution is 6.29. The van der Waals surface area contributed by atoms with Crippen LogP contribution in [0, 0.1) is 6.92 Å². The number of aryl methyl sites for hydroxylation is 1. The highest BCUT2D eigenvalue weighted by Gasteiger charge is 2.30. The zero-order chi connectivity index (χ0) is 13.3. The number of nitrogens with one attached hydrogen (secondary N) is 1. The van der Waals surface area contributed by atoms with Gasteiger partial charge in [-0.15, -0.1) is 0 Å². The second kappa shape index (κ2) is 4.99. The van der Waals surface area contributed by atoms with E-state index in [9.17, 15) is 9.59 Å². The first-order valence-electron chi connectivity index (χ1n) is 5.53. The van der Waals surface area contributed by atoms with E-state index in [4.69, 9.17) is 11.6 Å². The maximum atomic E-state index is 11.5. The van der Waals surface area contributed by atoms with Crippen molar-refractivity contribution in [1.82, 2.24) is 20.2 Å². The van der Waals surface area contributed by atoms with Gasteiger partial charge in [-0.3, -0.25) is 19.8 Å². The molecule has 0 bridgehead atoms. The van der Waals surface area contributed by atoms with E-state index in [-0.39, 0.29) is 24.4 Å². The Bertz CT molecular complexity index is 486. The molecule has 1 atom stereocenters. The van der Waals surface area contributed by atoms with Gasteiger partial charge in [-0.1, -0.05) is 11.6 Å². The molecule has 1 aliphatic rings. The standard InChI is InChI=1S/C11H13ClN4O2/c1-6-3-8(12)14-9(13-6)4-16-5-10(17)15-11(18)7(16)2/h3,7H,4-5H2,1-2H3,(H,15,17,18). The number of imide groups is 1. The van der Waals surface area contributed by atoms with Crippen LogP contribution in [0.5, 0.6) is 0 Å². The van der Waals surface area contributed by atoms with E-state index in [0.29, 0.717) is 17.5 Å². The number of carbonyl (C=O) groups excluding carboxylic acids is 2. The molecular formula is C11H13ClN4O2. The first kappa shape index (κ1) is 12.9. The van der Waals surface area contributed by atoms with E-state index in [2.05, 4.69) is 15.3 Å². The summed E-state index contributed by atoms with van der Waals surface area (Å²) in [5, 5.41) is 2.64. The van der Waals surface area contributed by atoms with E-state index in [0.717, 1.165) is 5.69 Å². The average Bonchev–Trinajstić information content (AvgIpc) is 2.23. The van der Waals surface area contributed by atoms with Crippen LogP contribution in [0.25, 0.3) is 0 Å². The summed E-state index contributed by atoms with van der Waals surface area (Å²) < 4.78 is 0. The SMILES string of the molecule is Cc1cc(Cl)nc(CN2CC(=O)NC(=O)C2C)n1. The van der Waals surface area contributed by atoms with Crippen molar-refractivity contribution in [3.05, 3.63) is 22.7 Å². The Labute approximate surface area is 109 Å². The monoisotopic (exact) mass is 268 g/mol. The van der Waals surface area contributed by atoms with E-state index in [1.54, 1.807) is 17.9 Å². The molecular weight excluding hydrogens is 256 g/mol. The first-order chi connectivity index (χ1) is 8.45. The summed E-state index contributed by atoms with van der Waals surface area (Å²) in [6.45, 7) is 4.03. The summed E-state index contributed by atoms with van der Waals surface area (Å²) in [4.78, 5) is 32.8. The number of piperazine rings is 1. The quantitative estimate of drug-likeness (QED) is 0.616. The molecule has 7 heteroatoms. The number of amides is 2. The molecule has 1 unspecified atom stereocenters. The van der Waals surface area contributed by atoms with Crippen LogP contribution in [0.3, 0.4) is 0 Å². The maximum absolute atomic E-state index is 11.5. The minimum atomic E-state index is -0.384. The van der Waals surface area contributed by atoms with Gasteiger partial charge in [-0.2, -0.15) is 0 Å². The van der Waals surface area contributed by atoms with Gasteiger partial charge in [0.05, 0.1) is 19.1 Å². The molecule has 1 aliphatic heterocycles. The van der Waals surface area contributed by atoms with Gasteiger partial charge < -0.3 is 0 Å². The molecule has 6 nitrogen and oxygen atoms in total. The number of carbonyl (C=O) groups is 2. The lowest BCUT2D eigenvalue weighted by Gasteiger charge is -2.30. The van der Waals surface area contributed by atoms with Crippen LogP contribution in [-0.4, -0.2) is 39.3 Å². The second-order valence-corrected chi connectivity index (χ2v) is 4.63. The Morgan fingerprint density at radius 3 is 2.89 bits per heavy atom. The molecule has 1 aromatic rings. The maximum Gasteiger partial charge on any atom is 0.243 e. The number of aromatic nitrogens is 2. The van der Waals surface area contributed by atoms with Gasteiger partial charge in [0.2, 0.25) is 11.8 Å². The summed E-state index contributed by atoms with van der Waals surface area (Å²) in [5.41, 5.74) is 0.755. The Kier molecular flexibility index (Phi) is 3.58. The summed E-state index contributed by atoms with van der Waals surface area (Å²) in [7, 11) is 0. The van der Waals surface area contributed by atoms with Gasteiger partial charge >= 0.3 is 0 Å². The van der Waals surface area contributed by atoms with Crippen molar-refractivity contribution in [1.29, 1.82) is 0 Å². The third kappa shape index (κ3) is 2.83. The number of halogens is 1. The van der Waals surface area contributed by atoms with Crippen molar-refractivity contribution in [2.45, 2.75) is 26.4 Å². The van der Waals surface area contributed by atoms with Gasteiger partial charge in [-0.05, 0) is 19.9 Å².